The van der Waals surface area contributed by atoms with E-state index in [1.807, 2.05) is 0 Å². The summed E-state index contributed by atoms with van der Waals surface area (Å²) < 4.78 is 0.911. The van der Waals surface area contributed by atoms with E-state index in [-0.39, 0.29) is 32.8 Å². The van der Waals surface area contributed by atoms with Crippen LogP contribution in [0.4, 0.5) is 17.1 Å². The van der Waals surface area contributed by atoms with Gasteiger partial charge in [0.15, 0.2) is 0 Å². The van der Waals surface area contributed by atoms with E-state index < -0.39 is 15.5 Å². The first kappa shape index (κ1) is 23.3. The van der Waals surface area contributed by atoms with Gasteiger partial charge in [0.1, 0.15) is 0 Å². The number of nitro benzene ring substituents is 2. The Morgan fingerprint density at radius 1 is 1.03 bits per heavy atom. The zero-order chi connectivity index (χ0) is 23.3. The summed E-state index contributed by atoms with van der Waals surface area (Å²) in [5.41, 5.74) is 0.404. The van der Waals surface area contributed by atoms with Gasteiger partial charge in [-0.2, -0.15) is 9.67 Å². The predicted molar refractivity (Wildman–Crippen MR) is 109 cm³/mol. The van der Waals surface area contributed by atoms with Crippen LogP contribution < -0.4 is 5.69 Å². The molecule has 3 rings (SSSR count). The fourth-order valence-corrected chi connectivity index (χ4v) is 2.67. The van der Waals surface area contributed by atoms with Gasteiger partial charge in [0.25, 0.3) is 11.4 Å². The quantitative estimate of drug-likeness (QED) is 0.262. The summed E-state index contributed by atoms with van der Waals surface area (Å²) in [6.07, 6.45) is 1.31. The van der Waals surface area contributed by atoms with Crippen molar-refractivity contribution in [2.45, 2.75) is 13.8 Å². The Bertz CT molecular complexity index is 1280. The summed E-state index contributed by atoms with van der Waals surface area (Å²) >= 11 is 11.6. The summed E-state index contributed by atoms with van der Waals surface area (Å²) in [5.74, 6) is 0. The third-order valence-corrected chi connectivity index (χ3v) is 4.68. The number of tetrazole rings is 1. The smallest absolute Gasteiger partial charge is 0.258 e. The van der Waals surface area contributed by atoms with Gasteiger partial charge in [0.05, 0.1) is 31.3 Å². The number of nitro groups is 2. The van der Waals surface area contributed by atoms with Crippen LogP contribution in [0.15, 0.2) is 34.1 Å². The van der Waals surface area contributed by atoms with Crippen LogP contribution in [0, 0.1) is 34.1 Å². The maximum atomic E-state index is 11.3. The normalized spacial score (nSPS) is 9.94. The second kappa shape index (κ2) is 9.71. The van der Waals surface area contributed by atoms with Gasteiger partial charge in [0, 0.05) is 24.3 Å². The number of rotatable bonds is 4. The molecular weight excluding hydrogens is 457 g/mol. The number of hydrogen-bond acceptors (Lipinski definition) is 9. The molecule has 0 fully saturated rings. The Labute approximate surface area is 182 Å². The lowest BCUT2D eigenvalue weighted by Gasteiger charge is -2.05. The molecule has 0 aliphatic carbocycles. The zero-order valence-corrected chi connectivity index (χ0v) is 17.2. The number of non-ortho nitro benzene ring substituents is 2. The number of halogens is 2. The Morgan fingerprint density at radius 3 is 2.06 bits per heavy atom. The predicted octanol–water partition coefficient (Wildman–Crippen LogP) is 3.35. The molecule has 15 heteroatoms. The largest absolute Gasteiger partial charge is 0.365 e. The molecule has 0 aliphatic rings. The molecule has 2 aromatic carbocycles. The van der Waals surface area contributed by atoms with Crippen molar-refractivity contribution in [2.75, 3.05) is 0 Å². The number of benzene rings is 2. The SMILES string of the molecule is Cc1c(Cl)cc([N+](=O)[O-])cc1-n1nn[nH]c1=O.Cc1c(Cl)cc([N+](=O)[O-])cc1N=C=O. The average molecular weight is 468 g/mol. The minimum Gasteiger partial charge on any atom is -0.258 e. The minimum atomic E-state index is -0.602. The molecule has 0 atom stereocenters. The maximum absolute atomic E-state index is 11.3. The molecule has 0 amide bonds. The van der Waals surface area contributed by atoms with Crippen molar-refractivity contribution < 1.29 is 14.6 Å². The molecule has 0 unspecified atom stereocenters. The highest BCUT2D eigenvalue weighted by atomic mass is 35.5. The van der Waals surface area contributed by atoms with Crippen molar-refractivity contribution in [3.05, 3.63) is 76.2 Å². The van der Waals surface area contributed by atoms with Crippen LogP contribution in [-0.4, -0.2) is 36.1 Å². The average Bonchev–Trinajstić information content (AvgIpc) is 3.13. The molecule has 0 saturated carbocycles. The first-order valence-electron chi connectivity index (χ1n) is 8.04. The Hall–Kier alpha value is -3.93. The van der Waals surface area contributed by atoms with Gasteiger partial charge in [-0.05, 0) is 35.4 Å². The lowest BCUT2D eigenvalue weighted by molar-refractivity contribution is -0.385. The van der Waals surface area contributed by atoms with Gasteiger partial charge < -0.3 is 0 Å². The number of aromatic nitrogens is 4. The van der Waals surface area contributed by atoms with E-state index in [2.05, 4.69) is 20.5 Å². The highest BCUT2D eigenvalue weighted by Crippen LogP contribution is 2.31. The highest BCUT2D eigenvalue weighted by Gasteiger charge is 2.16. The topological polar surface area (TPSA) is 179 Å². The molecule has 0 radical (unpaired) electrons. The molecule has 13 nitrogen and oxygen atoms in total. The van der Waals surface area contributed by atoms with Gasteiger partial charge in [-0.25, -0.2) is 14.7 Å². The van der Waals surface area contributed by atoms with Gasteiger partial charge in [-0.15, -0.1) is 0 Å². The molecular formula is C16H11Cl2N7O6. The second-order valence-corrected chi connectivity index (χ2v) is 6.59. The van der Waals surface area contributed by atoms with Crippen molar-refractivity contribution in [1.82, 2.24) is 20.2 Å². The molecule has 0 saturated heterocycles. The lowest BCUT2D eigenvalue weighted by Crippen LogP contribution is -2.17. The monoisotopic (exact) mass is 467 g/mol. The standard InChI is InChI=1S/C8H6ClN5O3.C8H5ClN2O3/c1-4-6(9)2-5(14(16)17)3-7(4)13-8(15)10-11-12-13;1-5-7(9)2-6(11(13)14)3-8(5)10-4-12/h2-3H,1H3,(H,10,12,15);2-3H,1H3. The van der Waals surface area contributed by atoms with Crippen molar-refractivity contribution in [1.29, 1.82) is 0 Å². The molecule has 1 heterocycles. The van der Waals surface area contributed by atoms with Crippen LogP contribution in [0.3, 0.4) is 0 Å². The molecule has 31 heavy (non-hydrogen) atoms. The molecule has 160 valence electrons. The van der Waals surface area contributed by atoms with Crippen molar-refractivity contribution in [3.63, 3.8) is 0 Å². The van der Waals surface area contributed by atoms with Gasteiger partial charge in [0.2, 0.25) is 6.08 Å². The van der Waals surface area contributed by atoms with E-state index in [4.69, 9.17) is 23.2 Å². The Kier molecular flexibility index (Phi) is 7.32. The van der Waals surface area contributed by atoms with E-state index in [0.717, 1.165) is 4.68 Å². The van der Waals surface area contributed by atoms with Gasteiger partial charge in [-0.1, -0.05) is 23.2 Å². The molecule has 3 aromatic rings. The van der Waals surface area contributed by atoms with Crippen LogP contribution in [0.2, 0.25) is 10.0 Å². The van der Waals surface area contributed by atoms with Crippen molar-refractivity contribution >= 4 is 46.3 Å². The molecule has 1 aromatic heterocycles. The molecule has 1 N–H and O–H groups in total. The molecule has 0 aliphatic heterocycles. The Balaban J connectivity index is 0.000000225. The number of nitrogens with zero attached hydrogens (tertiary/aromatic N) is 6. The number of H-pyrrole nitrogens is 1. The third-order valence-electron chi connectivity index (χ3n) is 3.89. The number of isocyanates is 1. The van der Waals surface area contributed by atoms with Gasteiger partial charge >= 0.3 is 5.69 Å². The number of carbonyl (C=O) groups excluding carboxylic acids is 1. The van der Waals surface area contributed by atoms with Crippen molar-refractivity contribution in [3.8, 4) is 5.69 Å². The molecule has 0 spiro atoms. The van der Waals surface area contributed by atoms with E-state index in [1.165, 1.54) is 30.3 Å². The number of aromatic amines is 1. The summed E-state index contributed by atoms with van der Waals surface area (Å²) in [6.45, 7) is 3.24. The van der Waals surface area contributed by atoms with Gasteiger partial charge in [-0.3, -0.25) is 20.2 Å². The summed E-state index contributed by atoms with van der Waals surface area (Å²) in [7, 11) is 0. The number of aliphatic imine (C=N–C) groups is 1. The first-order chi connectivity index (χ1) is 14.6. The molecule has 0 bridgehead atoms. The van der Waals surface area contributed by atoms with Crippen LogP contribution >= 0.6 is 23.2 Å². The first-order valence-corrected chi connectivity index (χ1v) is 8.80. The van der Waals surface area contributed by atoms with Crippen LogP contribution in [0.25, 0.3) is 5.69 Å². The van der Waals surface area contributed by atoms with E-state index >= 15 is 0 Å². The van der Waals surface area contributed by atoms with Crippen LogP contribution in [0.5, 0.6) is 0 Å². The Morgan fingerprint density at radius 2 is 1.58 bits per heavy atom. The van der Waals surface area contributed by atoms with Crippen LogP contribution in [0.1, 0.15) is 11.1 Å². The van der Waals surface area contributed by atoms with E-state index in [1.54, 1.807) is 13.8 Å². The van der Waals surface area contributed by atoms with E-state index in [9.17, 15) is 29.8 Å². The van der Waals surface area contributed by atoms with Crippen molar-refractivity contribution in [2.24, 2.45) is 4.99 Å². The summed E-state index contributed by atoms with van der Waals surface area (Å²) in [6, 6.07) is 4.81. The third kappa shape index (κ3) is 5.36. The summed E-state index contributed by atoms with van der Waals surface area (Å²) in [4.78, 5) is 44.6. The van der Waals surface area contributed by atoms with Crippen LogP contribution in [-0.2, 0) is 4.79 Å². The maximum Gasteiger partial charge on any atom is 0.365 e. The lowest BCUT2D eigenvalue weighted by atomic mass is 10.2. The fourth-order valence-electron chi connectivity index (χ4n) is 2.25. The summed E-state index contributed by atoms with van der Waals surface area (Å²) in [5, 5.41) is 30.4. The fraction of sp³-hybridized carbons (Fsp3) is 0.125. The van der Waals surface area contributed by atoms with E-state index in [0.29, 0.717) is 11.1 Å². The number of nitrogens with one attached hydrogen (secondary N) is 1. The highest BCUT2D eigenvalue weighted by molar-refractivity contribution is 6.32. The zero-order valence-electron chi connectivity index (χ0n) is 15.7. The number of hydrogen-bond donors (Lipinski definition) is 1. The minimum absolute atomic E-state index is 0.166. The second-order valence-electron chi connectivity index (χ2n) is 5.78.